The molecule has 1 atom stereocenters. The van der Waals surface area contributed by atoms with Crippen molar-refractivity contribution in [1.29, 1.82) is 0 Å². The molecular weight excluding hydrogens is 200 g/mol. The van der Waals surface area contributed by atoms with Crippen LogP contribution in [0.1, 0.15) is 33.1 Å². The predicted molar refractivity (Wildman–Crippen MR) is 58.4 cm³/mol. The fraction of sp³-hybridized carbons (Fsp3) is 1.00. The summed E-state index contributed by atoms with van der Waals surface area (Å²) >= 11 is 0. The standard InChI is InChI=1S/C11H23F2NO/c1-9(2)4-5-10(14-3)6-7-15-8-11(12)13/h9-11,14H,4-8H2,1-3H3. The van der Waals surface area contributed by atoms with Gasteiger partial charge in [-0.3, -0.25) is 0 Å². The fourth-order valence-electron chi connectivity index (χ4n) is 1.37. The maximum absolute atomic E-state index is 11.8. The van der Waals surface area contributed by atoms with Gasteiger partial charge in [-0.15, -0.1) is 0 Å². The van der Waals surface area contributed by atoms with Crippen molar-refractivity contribution in [2.24, 2.45) is 5.92 Å². The molecule has 4 heteroatoms. The lowest BCUT2D eigenvalue weighted by Crippen LogP contribution is -2.27. The van der Waals surface area contributed by atoms with E-state index in [-0.39, 0.29) is 0 Å². The molecule has 15 heavy (non-hydrogen) atoms. The van der Waals surface area contributed by atoms with E-state index in [1.807, 2.05) is 7.05 Å². The highest BCUT2D eigenvalue weighted by Crippen LogP contribution is 2.09. The van der Waals surface area contributed by atoms with Crippen LogP contribution < -0.4 is 5.32 Å². The third-order valence-electron chi connectivity index (χ3n) is 2.36. The zero-order valence-corrected chi connectivity index (χ0v) is 9.93. The molecule has 0 saturated heterocycles. The van der Waals surface area contributed by atoms with Gasteiger partial charge in [0.2, 0.25) is 0 Å². The van der Waals surface area contributed by atoms with E-state index < -0.39 is 13.0 Å². The Hall–Kier alpha value is -0.220. The van der Waals surface area contributed by atoms with Crippen molar-refractivity contribution < 1.29 is 13.5 Å². The largest absolute Gasteiger partial charge is 0.375 e. The fourth-order valence-corrected chi connectivity index (χ4v) is 1.37. The van der Waals surface area contributed by atoms with E-state index in [0.29, 0.717) is 18.6 Å². The average molecular weight is 223 g/mol. The SMILES string of the molecule is CNC(CCOCC(F)F)CCC(C)C. The summed E-state index contributed by atoms with van der Waals surface area (Å²) in [4.78, 5) is 0. The lowest BCUT2D eigenvalue weighted by Gasteiger charge is -2.17. The molecule has 0 aromatic heterocycles. The summed E-state index contributed by atoms with van der Waals surface area (Å²) in [6, 6.07) is 0.380. The predicted octanol–water partition coefficient (Wildman–Crippen LogP) is 2.68. The van der Waals surface area contributed by atoms with Crippen molar-refractivity contribution in [3.63, 3.8) is 0 Å². The summed E-state index contributed by atoms with van der Waals surface area (Å²) in [5.74, 6) is 0.683. The van der Waals surface area contributed by atoms with Crippen LogP contribution in [0.3, 0.4) is 0 Å². The van der Waals surface area contributed by atoms with Gasteiger partial charge in [-0.05, 0) is 32.2 Å². The van der Waals surface area contributed by atoms with Crippen LogP contribution in [0.5, 0.6) is 0 Å². The smallest absolute Gasteiger partial charge is 0.261 e. The second-order valence-electron chi connectivity index (χ2n) is 4.21. The molecule has 0 rings (SSSR count). The molecule has 0 aliphatic carbocycles. The summed E-state index contributed by atoms with van der Waals surface area (Å²) < 4.78 is 28.4. The second-order valence-corrected chi connectivity index (χ2v) is 4.21. The number of ether oxygens (including phenoxy) is 1. The molecule has 0 aliphatic heterocycles. The summed E-state index contributed by atoms with van der Waals surface area (Å²) in [5.41, 5.74) is 0. The number of rotatable bonds is 9. The minimum Gasteiger partial charge on any atom is -0.375 e. The summed E-state index contributed by atoms with van der Waals surface area (Å²) in [6.07, 6.45) is 0.677. The lowest BCUT2D eigenvalue weighted by atomic mass is 10.0. The molecule has 0 radical (unpaired) electrons. The zero-order chi connectivity index (χ0) is 11.7. The lowest BCUT2D eigenvalue weighted by molar-refractivity contribution is 0.0143. The van der Waals surface area contributed by atoms with E-state index >= 15 is 0 Å². The van der Waals surface area contributed by atoms with Gasteiger partial charge in [0.15, 0.2) is 0 Å². The Morgan fingerprint density at radius 1 is 1.13 bits per heavy atom. The Bertz CT molecular complexity index is 143. The highest BCUT2D eigenvalue weighted by atomic mass is 19.3. The normalized spacial score (nSPS) is 13.8. The molecule has 0 aromatic carbocycles. The molecule has 0 spiro atoms. The Balaban J connectivity index is 3.44. The number of halogens is 2. The van der Waals surface area contributed by atoms with E-state index in [2.05, 4.69) is 19.2 Å². The van der Waals surface area contributed by atoms with Crippen LogP contribution in [0, 0.1) is 5.92 Å². The van der Waals surface area contributed by atoms with Crippen LogP contribution in [0.15, 0.2) is 0 Å². The highest BCUT2D eigenvalue weighted by Gasteiger charge is 2.08. The molecule has 0 fully saturated rings. The Morgan fingerprint density at radius 2 is 1.80 bits per heavy atom. The first kappa shape index (κ1) is 14.8. The molecule has 0 heterocycles. The second kappa shape index (κ2) is 9.04. The molecule has 92 valence electrons. The van der Waals surface area contributed by atoms with Gasteiger partial charge >= 0.3 is 0 Å². The topological polar surface area (TPSA) is 21.3 Å². The van der Waals surface area contributed by atoms with E-state index in [4.69, 9.17) is 4.74 Å². The number of hydrogen-bond acceptors (Lipinski definition) is 2. The molecular formula is C11H23F2NO. The quantitative estimate of drug-likeness (QED) is 0.607. The van der Waals surface area contributed by atoms with Crippen LogP contribution in [-0.4, -0.2) is 32.7 Å². The van der Waals surface area contributed by atoms with Gasteiger partial charge in [-0.1, -0.05) is 13.8 Å². The maximum atomic E-state index is 11.8. The van der Waals surface area contributed by atoms with E-state index in [9.17, 15) is 8.78 Å². The van der Waals surface area contributed by atoms with Gasteiger partial charge in [-0.25, -0.2) is 8.78 Å². The molecule has 1 N–H and O–H groups in total. The van der Waals surface area contributed by atoms with Crippen molar-refractivity contribution in [3.05, 3.63) is 0 Å². The average Bonchev–Trinajstić information content (AvgIpc) is 2.16. The maximum Gasteiger partial charge on any atom is 0.261 e. The Morgan fingerprint density at radius 3 is 2.27 bits per heavy atom. The van der Waals surface area contributed by atoms with Crippen LogP contribution in [0.2, 0.25) is 0 Å². The first-order valence-corrected chi connectivity index (χ1v) is 5.59. The zero-order valence-electron chi connectivity index (χ0n) is 9.93. The highest BCUT2D eigenvalue weighted by molar-refractivity contribution is 4.65. The number of hydrogen-bond donors (Lipinski definition) is 1. The van der Waals surface area contributed by atoms with Gasteiger partial charge in [0.1, 0.15) is 6.61 Å². The van der Waals surface area contributed by atoms with Crippen molar-refractivity contribution in [2.75, 3.05) is 20.3 Å². The van der Waals surface area contributed by atoms with E-state index in [1.165, 1.54) is 0 Å². The van der Waals surface area contributed by atoms with Gasteiger partial charge in [-0.2, -0.15) is 0 Å². The number of alkyl halides is 2. The first-order valence-electron chi connectivity index (χ1n) is 5.59. The van der Waals surface area contributed by atoms with Gasteiger partial charge in [0.05, 0.1) is 0 Å². The molecule has 0 saturated carbocycles. The van der Waals surface area contributed by atoms with Gasteiger partial charge in [0.25, 0.3) is 6.43 Å². The molecule has 1 unspecified atom stereocenters. The molecule has 0 amide bonds. The Kier molecular flexibility index (Phi) is 8.91. The van der Waals surface area contributed by atoms with Crippen molar-refractivity contribution >= 4 is 0 Å². The summed E-state index contributed by atoms with van der Waals surface area (Å²) in [7, 11) is 1.90. The van der Waals surface area contributed by atoms with Crippen LogP contribution >= 0.6 is 0 Å². The third-order valence-corrected chi connectivity index (χ3v) is 2.36. The summed E-state index contributed by atoms with van der Waals surface area (Å²) in [6.45, 7) is 4.33. The van der Waals surface area contributed by atoms with Crippen LogP contribution in [0.4, 0.5) is 8.78 Å². The van der Waals surface area contributed by atoms with Crippen LogP contribution in [0.25, 0.3) is 0 Å². The first-order chi connectivity index (χ1) is 7.06. The third kappa shape index (κ3) is 10.1. The molecule has 0 aromatic rings. The number of nitrogens with one attached hydrogen (secondary N) is 1. The van der Waals surface area contributed by atoms with Gasteiger partial charge in [0, 0.05) is 12.6 Å². The monoisotopic (exact) mass is 223 g/mol. The van der Waals surface area contributed by atoms with Crippen LogP contribution in [-0.2, 0) is 4.74 Å². The van der Waals surface area contributed by atoms with Crippen molar-refractivity contribution in [2.45, 2.75) is 45.6 Å². The molecule has 0 aliphatic rings. The van der Waals surface area contributed by atoms with Crippen molar-refractivity contribution in [1.82, 2.24) is 5.32 Å². The van der Waals surface area contributed by atoms with Crippen molar-refractivity contribution in [3.8, 4) is 0 Å². The minimum absolute atomic E-state index is 0.380. The van der Waals surface area contributed by atoms with Gasteiger partial charge < -0.3 is 10.1 Å². The van der Waals surface area contributed by atoms with E-state index in [1.54, 1.807) is 0 Å². The Labute approximate surface area is 91.4 Å². The molecule has 0 bridgehead atoms. The molecule has 2 nitrogen and oxygen atoms in total. The van der Waals surface area contributed by atoms with E-state index in [0.717, 1.165) is 19.3 Å². The summed E-state index contributed by atoms with van der Waals surface area (Å²) in [5, 5.41) is 3.18. The minimum atomic E-state index is -2.35.